The van der Waals surface area contributed by atoms with Gasteiger partial charge in [-0.3, -0.25) is 9.59 Å². The largest absolute Gasteiger partial charge is 0.465 e. The summed E-state index contributed by atoms with van der Waals surface area (Å²) < 4.78 is 9.36. The SMILES string of the molecule is COC(=O)c1ccc(C(=O)OC)c(N/C=C(/C#N)C(=O)Nc2cccc(C(C)=O)c2)c1. The number of benzene rings is 2. The minimum absolute atomic E-state index is 0.0817. The number of carbonyl (C=O) groups excluding carboxylic acids is 4. The molecule has 2 N–H and O–H groups in total. The number of esters is 2. The van der Waals surface area contributed by atoms with E-state index in [9.17, 15) is 24.4 Å². The molecular formula is C22H19N3O6. The number of nitrogens with one attached hydrogen (secondary N) is 2. The van der Waals surface area contributed by atoms with Crippen molar-refractivity contribution in [3.63, 3.8) is 0 Å². The maximum atomic E-state index is 12.4. The topological polar surface area (TPSA) is 135 Å². The van der Waals surface area contributed by atoms with Gasteiger partial charge in [0.05, 0.1) is 31.0 Å². The minimum Gasteiger partial charge on any atom is -0.465 e. The molecule has 2 rings (SSSR count). The highest BCUT2D eigenvalue weighted by atomic mass is 16.5. The van der Waals surface area contributed by atoms with Crippen molar-refractivity contribution in [2.75, 3.05) is 24.9 Å². The number of methoxy groups -OCH3 is 2. The van der Waals surface area contributed by atoms with E-state index in [1.807, 2.05) is 0 Å². The van der Waals surface area contributed by atoms with E-state index in [4.69, 9.17) is 4.74 Å². The van der Waals surface area contributed by atoms with Gasteiger partial charge in [-0.25, -0.2) is 9.59 Å². The lowest BCUT2D eigenvalue weighted by molar-refractivity contribution is -0.112. The molecule has 0 atom stereocenters. The minimum atomic E-state index is -0.737. The van der Waals surface area contributed by atoms with Crippen molar-refractivity contribution in [3.8, 4) is 6.07 Å². The van der Waals surface area contributed by atoms with Crippen LogP contribution in [0.1, 0.15) is 38.0 Å². The zero-order chi connectivity index (χ0) is 23.0. The fourth-order valence-corrected chi connectivity index (χ4v) is 2.51. The van der Waals surface area contributed by atoms with Crippen LogP contribution in [0.5, 0.6) is 0 Å². The van der Waals surface area contributed by atoms with Gasteiger partial charge < -0.3 is 20.1 Å². The molecular weight excluding hydrogens is 402 g/mol. The average Bonchev–Trinajstić information content (AvgIpc) is 2.78. The van der Waals surface area contributed by atoms with E-state index in [1.165, 1.54) is 45.4 Å². The number of hydrogen-bond acceptors (Lipinski definition) is 8. The number of ether oxygens (including phenoxy) is 2. The summed E-state index contributed by atoms with van der Waals surface area (Å²) in [5, 5.41) is 14.6. The van der Waals surface area contributed by atoms with Crippen LogP contribution in [0.15, 0.2) is 54.2 Å². The van der Waals surface area contributed by atoms with E-state index in [2.05, 4.69) is 15.4 Å². The highest BCUT2D eigenvalue weighted by molar-refractivity contribution is 6.07. The third kappa shape index (κ3) is 5.77. The number of rotatable bonds is 7. The van der Waals surface area contributed by atoms with Crippen LogP contribution in [0.2, 0.25) is 0 Å². The van der Waals surface area contributed by atoms with Crippen LogP contribution >= 0.6 is 0 Å². The summed E-state index contributed by atoms with van der Waals surface area (Å²) in [6, 6.07) is 12.1. The van der Waals surface area contributed by atoms with Crippen molar-refractivity contribution in [1.29, 1.82) is 5.26 Å². The number of anilines is 2. The monoisotopic (exact) mass is 421 g/mol. The summed E-state index contributed by atoms with van der Waals surface area (Å²) in [7, 11) is 2.41. The lowest BCUT2D eigenvalue weighted by Gasteiger charge is -2.10. The standard InChI is InChI=1S/C22H19N3O6/c1-13(26)14-5-4-6-17(9-14)25-20(27)16(11-23)12-24-19-10-15(21(28)30-2)7-8-18(19)22(29)31-3/h4-10,12,24H,1-3H3,(H,25,27)/b16-12-. The third-order valence-corrected chi connectivity index (χ3v) is 4.11. The van der Waals surface area contributed by atoms with Crippen molar-refractivity contribution in [1.82, 2.24) is 0 Å². The Morgan fingerprint density at radius 3 is 2.29 bits per heavy atom. The smallest absolute Gasteiger partial charge is 0.339 e. The van der Waals surface area contributed by atoms with E-state index in [-0.39, 0.29) is 28.2 Å². The summed E-state index contributed by atoms with van der Waals surface area (Å²) in [4.78, 5) is 47.7. The first-order valence-corrected chi connectivity index (χ1v) is 8.90. The lowest BCUT2D eigenvalue weighted by Crippen LogP contribution is -2.15. The fourth-order valence-electron chi connectivity index (χ4n) is 2.51. The Morgan fingerprint density at radius 2 is 1.68 bits per heavy atom. The van der Waals surface area contributed by atoms with Gasteiger partial charge in [-0.1, -0.05) is 12.1 Å². The summed E-state index contributed by atoms with van der Waals surface area (Å²) in [5.74, 6) is -2.22. The second-order valence-corrected chi connectivity index (χ2v) is 6.15. The molecule has 0 unspecified atom stereocenters. The van der Waals surface area contributed by atoms with Gasteiger partial charge in [-0.15, -0.1) is 0 Å². The van der Waals surface area contributed by atoms with Crippen LogP contribution in [0.4, 0.5) is 11.4 Å². The van der Waals surface area contributed by atoms with Gasteiger partial charge in [0.25, 0.3) is 5.91 Å². The molecule has 2 aromatic rings. The van der Waals surface area contributed by atoms with E-state index in [1.54, 1.807) is 24.3 Å². The molecule has 0 spiro atoms. The predicted molar refractivity (Wildman–Crippen MR) is 112 cm³/mol. The lowest BCUT2D eigenvalue weighted by atomic mass is 10.1. The Kier molecular flexibility index (Phi) is 7.63. The molecule has 1 amide bonds. The summed E-state index contributed by atoms with van der Waals surface area (Å²) in [6.45, 7) is 1.40. The van der Waals surface area contributed by atoms with Crippen molar-refractivity contribution < 1.29 is 28.7 Å². The number of nitriles is 1. The number of nitrogens with zero attached hydrogens (tertiary/aromatic N) is 1. The Labute approximate surface area is 178 Å². The predicted octanol–water partition coefficient (Wildman–Crippen LogP) is 2.92. The quantitative estimate of drug-likeness (QED) is 0.302. The zero-order valence-electron chi connectivity index (χ0n) is 17.0. The second kappa shape index (κ2) is 10.4. The van der Waals surface area contributed by atoms with Gasteiger partial charge in [0.15, 0.2) is 5.78 Å². The summed E-state index contributed by atoms with van der Waals surface area (Å²) in [6.07, 6.45) is 1.09. The van der Waals surface area contributed by atoms with Gasteiger partial charge in [0, 0.05) is 17.5 Å². The molecule has 0 saturated carbocycles. The number of hydrogen-bond donors (Lipinski definition) is 2. The third-order valence-electron chi connectivity index (χ3n) is 4.11. The maximum absolute atomic E-state index is 12.4. The molecule has 0 aromatic heterocycles. The van der Waals surface area contributed by atoms with Crippen molar-refractivity contribution in [2.24, 2.45) is 0 Å². The van der Waals surface area contributed by atoms with Crippen LogP contribution in [-0.4, -0.2) is 37.8 Å². The molecule has 0 aliphatic carbocycles. The summed E-state index contributed by atoms with van der Waals surface area (Å²) >= 11 is 0. The van der Waals surface area contributed by atoms with Crippen molar-refractivity contribution in [3.05, 3.63) is 70.9 Å². The molecule has 0 aliphatic rings. The van der Waals surface area contributed by atoms with E-state index >= 15 is 0 Å². The number of carbonyl (C=O) groups is 4. The molecule has 0 bridgehead atoms. The highest BCUT2D eigenvalue weighted by Gasteiger charge is 2.16. The Bertz CT molecular complexity index is 1110. The van der Waals surface area contributed by atoms with Crippen LogP contribution in [0.3, 0.4) is 0 Å². The fraction of sp³-hybridized carbons (Fsp3) is 0.136. The first-order valence-electron chi connectivity index (χ1n) is 8.90. The number of amides is 1. The van der Waals surface area contributed by atoms with Gasteiger partial charge in [-0.05, 0) is 37.3 Å². The maximum Gasteiger partial charge on any atom is 0.339 e. The van der Waals surface area contributed by atoms with Gasteiger partial charge in [-0.2, -0.15) is 5.26 Å². The molecule has 9 nitrogen and oxygen atoms in total. The molecule has 0 fully saturated rings. The van der Waals surface area contributed by atoms with Gasteiger partial charge in [0.1, 0.15) is 11.6 Å². The normalized spacial score (nSPS) is 10.5. The highest BCUT2D eigenvalue weighted by Crippen LogP contribution is 2.20. The van der Waals surface area contributed by atoms with E-state index in [0.29, 0.717) is 11.3 Å². The molecule has 9 heteroatoms. The number of ketones is 1. The van der Waals surface area contributed by atoms with E-state index < -0.39 is 17.8 Å². The van der Waals surface area contributed by atoms with Gasteiger partial charge in [0.2, 0.25) is 0 Å². The Morgan fingerprint density at radius 1 is 0.968 bits per heavy atom. The number of Topliss-reactive ketones (excluding diaryl/α,β-unsaturated/α-hetero) is 1. The average molecular weight is 421 g/mol. The molecule has 0 radical (unpaired) electrons. The molecule has 2 aromatic carbocycles. The first kappa shape index (κ1) is 22.8. The van der Waals surface area contributed by atoms with Gasteiger partial charge >= 0.3 is 11.9 Å². The molecule has 0 heterocycles. The molecule has 31 heavy (non-hydrogen) atoms. The Hall–Kier alpha value is -4.45. The van der Waals surface area contributed by atoms with Crippen LogP contribution < -0.4 is 10.6 Å². The summed E-state index contributed by atoms with van der Waals surface area (Å²) in [5.41, 5.74) is 0.789. The zero-order valence-corrected chi connectivity index (χ0v) is 17.0. The molecule has 158 valence electrons. The van der Waals surface area contributed by atoms with E-state index in [0.717, 1.165) is 6.20 Å². The second-order valence-electron chi connectivity index (χ2n) is 6.15. The van der Waals surface area contributed by atoms with Crippen LogP contribution in [-0.2, 0) is 14.3 Å². The van der Waals surface area contributed by atoms with Crippen LogP contribution in [0, 0.1) is 11.3 Å². The van der Waals surface area contributed by atoms with Crippen molar-refractivity contribution >= 4 is 35.0 Å². The van der Waals surface area contributed by atoms with Crippen LogP contribution in [0.25, 0.3) is 0 Å². The Balaban J connectivity index is 2.30. The first-order chi connectivity index (χ1) is 14.8. The van der Waals surface area contributed by atoms with Crippen molar-refractivity contribution in [2.45, 2.75) is 6.92 Å². The molecule has 0 saturated heterocycles. The molecule has 0 aliphatic heterocycles.